The molecule has 2 aromatic rings. The molecule has 2 unspecified atom stereocenters. The molecule has 5 nitrogen and oxygen atoms in total. The number of aliphatic hydroxyl groups is 1. The van der Waals surface area contributed by atoms with Crippen molar-refractivity contribution in [1.82, 2.24) is 10.3 Å². The summed E-state index contributed by atoms with van der Waals surface area (Å²) in [5.74, 6) is 0.577. The average molecular weight is 328 g/mol. The summed E-state index contributed by atoms with van der Waals surface area (Å²) in [6.45, 7) is 4.00. The number of amides is 1. The van der Waals surface area contributed by atoms with E-state index in [-0.39, 0.29) is 24.0 Å². The zero-order chi connectivity index (χ0) is 17.3. The molecule has 1 aromatic carbocycles. The molecule has 1 saturated carbocycles. The van der Waals surface area contributed by atoms with Gasteiger partial charge in [0.15, 0.2) is 0 Å². The zero-order valence-electron chi connectivity index (χ0n) is 14.4. The van der Waals surface area contributed by atoms with E-state index in [1.54, 1.807) is 7.11 Å². The molecule has 1 aliphatic rings. The van der Waals surface area contributed by atoms with Crippen LogP contribution in [0, 0.1) is 12.3 Å². The molecule has 1 aliphatic carbocycles. The molecule has 0 saturated heterocycles. The number of rotatable bonds is 4. The number of benzene rings is 1. The molecule has 0 spiro atoms. The first-order valence-corrected chi connectivity index (χ1v) is 8.34. The van der Waals surface area contributed by atoms with Crippen molar-refractivity contribution in [2.75, 3.05) is 13.7 Å². The van der Waals surface area contributed by atoms with Crippen molar-refractivity contribution in [1.29, 1.82) is 0 Å². The number of aryl methyl sites for hydroxylation is 1. The van der Waals surface area contributed by atoms with Crippen LogP contribution >= 0.6 is 0 Å². The van der Waals surface area contributed by atoms with Crippen LogP contribution < -0.4 is 10.1 Å². The van der Waals surface area contributed by atoms with Crippen molar-refractivity contribution in [3.8, 4) is 5.75 Å². The van der Waals surface area contributed by atoms with Gasteiger partial charge in [0.1, 0.15) is 5.75 Å². The van der Waals surface area contributed by atoms with Crippen molar-refractivity contribution >= 4 is 16.8 Å². The largest absolute Gasteiger partial charge is 0.497 e. The highest BCUT2D eigenvalue weighted by Crippen LogP contribution is 2.37. The second kappa shape index (κ2) is 6.40. The van der Waals surface area contributed by atoms with Crippen LogP contribution in [0.15, 0.2) is 24.3 Å². The third kappa shape index (κ3) is 2.96. The Morgan fingerprint density at radius 3 is 2.96 bits per heavy atom. The van der Waals surface area contributed by atoms with E-state index in [1.165, 1.54) is 0 Å². The first-order valence-electron chi connectivity index (χ1n) is 8.34. The SMILES string of the molecule is COc1ccc2nc(C)cc(C(=O)NC3CCCC3(C)CO)c2c1. The van der Waals surface area contributed by atoms with E-state index in [0.717, 1.165) is 35.9 Å². The first-order chi connectivity index (χ1) is 11.5. The van der Waals surface area contributed by atoms with Crippen molar-refractivity contribution in [3.63, 3.8) is 0 Å². The predicted molar refractivity (Wildman–Crippen MR) is 93.3 cm³/mol. The molecule has 0 bridgehead atoms. The lowest BCUT2D eigenvalue weighted by molar-refractivity contribution is 0.0832. The number of ether oxygens (including phenoxy) is 1. The molecule has 1 fully saturated rings. The Bertz CT molecular complexity index is 775. The van der Waals surface area contributed by atoms with E-state index in [4.69, 9.17) is 4.74 Å². The van der Waals surface area contributed by atoms with Gasteiger partial charge in [-0.1, -0.05) is 13.3 Å². The minimum atomic E-state index is -0.245. The third-order valence-electron chi connectivity index (χ3n) is 5.14. The number of nitrogens with one attached hydrogen (secondary N) is 1. The summed E-state index contributed by atoms with van der Waals surface area (Å²) < 4.78 is 5.28. The van der Waals surface area contributed by atoms with Gasteiger partial charge in [-0.15, -0.1) is 0 Å². The van der Waals surface area contributed by atoms with Crippen LogP contribution in [-0.2, 0) is 0 Å². The molecule has 1 aromatic heterocycles. The molecular weight excluding hydrogens is 304 g/mol. The minimum Gasteiger partial charge on any atom is -0.497 e. The number of carbonyl (C=O) groups is 1. The van der Waals surface area contributed by atoms with Gasteiger partial charge in [-0.3, -0.25) is 9.78 Å². The zero-order valence-corrected chi connectivity index (χ0v) is 14.4. The van der Waals surface area contributed by atoms with Crippen LogP contribution in [0.5, 0.6) is 5.75 Å². The summed E-state index contributed by atoms with van der Waals surface area (Å²) in [7, 11) is 1.60. The van der Waals surface area contributed by atoms with Gasteiger partial charge in [-0.25, -0.2) is 0 Å². The normalized spacial score (nSPS) is 23.4. The average Bonchev–Trinajstić information content (AvgIpc) is 2.95. The fourth-order valence-electron chi connectivity index (χ4n) is 3.56. The predicted octanol–water partition coefficient (Wildman–Crippen LogP) is 2.83. The van der Waals surface area contributed by atoms with E-state index >= 15 is 0 Å². The van der Waals surface area contributed by atoms with E-state index in [9.17, 15) is 9.90 Å². The lowest BCUT2D eigenvalue weighted by Crippen LogP contribution is -2.44. The fraction of sp³-hybridized carbons (Fsp3) is 0.474. The number of fused-ring (bicyclic) bond motifs is 1. The molecule has 5 heteroatoms. The molecule has 128 valence electrons. The van der Waals surface area contributed by atoms with E-state index in [1.807, 2.05) is 38.1 Å². The monoisotopic (exact) mass is 328 g/mol. The standard InChI is InChI=1S/C19H24N2O3/c1-12-9-15(14-10-13(24-3)6-7-16(14)20-12)18(23)21-17-5-4-8-19(17,2)11-22/h6-7,9-10,17,22H,4-5,8,11H2,1-3H3,(H,21,23). The number of hydrogen-bond donors (Lipinski definition) is 2. The number of nitrogens with zero attached hydrogens (tertiary/aromatic N) is 1. The highest BCUT2D eigenvalue weighted by Gasteiger charge is 2.39. The summed E-state index contributed by atoms with van der Waals surface area (Å²) >= 11 is 0. The van der Waals surface area contributed by atoms with Crippen LogP contribution in [0.3, 0.4) is 0 Å². The number of carbonyl (C=O) groups excluding carboxylic acids is 1. The van der Waals surface area contributed by atoms with E-state index < -0.39 is 0 Å². The topological polar surface area (TPSA) is 71.5 Å². The lowest BCUT2D eigenvalue weighted by Gasteiger charge is -2.30. The second-order valence-corrected chi connectivity index (χ2v) is 6.92. The molecule has 2 N–H and O–H groups in total. The van der Waals surface area contributed by atoms with Crippen LogP contribution in [0.2, 0.25) is 0 Å². The Morgan fingerprint density at radius 1 is 1.46 bits per heavy atom. The number of aromatic nitrogens is 1. The number of methoxy groups -OCH3 is 1. The lowest BCUT2D eigenvalue weighted by atomic mass is 9.85. The van der Waals surface area contributed by atoms with Gasteiger partial charge >= 0.3 is 0 Å². The molecule has 1 heterocycles. The van der Waals surface area contributed by atoms with Crippen molar-refractivity contribution in [2.24, 2.45) is 5.41 Å². The smallest absolute Gasteiger partial charge is 0.252 e. The fourth-order valence-corrected chi connectivity index (χ4v) is 3.56. The van der Waals surface area contributed by atoms with Gasteiger partial charge in [0.05, 0.1) is 24.8 Å². The summed E-state index contributed by atoms with van der Waals surface area (Å²) in [6, 6.07) is 7.35. The quantitative estimate of drug-likeness (QED) is 0.905. The maximum Gasteiger partial charge on any atom is 0.252 e. The van der Waals surface area contributed by atoms with Gasteiger partial charge in [-0.05, 0) is 44.0 Å². The Labute approximate surface area is 142 Å². The van der Waals surface area contributed by atoms with Crippen LogP contribution in [-0.4, -0.2) is 35.8 Å². The van der Waals surface area contributed by atoms with Gasteiger partial charge in [-0.2, -0.15) is 0 Å². The number of hydrogen-bond acceptors (Lipinski definition) is 4. The highest BCUT2D eigenvalue weighted by atomic mass is 16.5. The van der Waals surface area contributed by atoms with Crippen LogP contribution in [0.25, 0.3) is 10.9 Å². The third-order valence-corrected chi connectivity index (χ3v) is 5.14. The van der Waals surface area contributed by atoms with Gasteiger partial charge < -0.3 is 15.2 Å². The molecule has 1 amide bonds. The Morgan fingerprint density at radius 2 is 2.25 bits per heavy atom. The van der Waals surface area contributed by atoms with Crippen molar-refractivity contribution < 1.29 is 14.6 Å². The van der Waals surface area contributed by atoms with Crippen LogP contribution in [0.4, 0.5) is 0 Å². The molecule has 3 rings (SSSR count). The second-order valence-electron chi connectivity index (χ2n) is 6.92. The van der Waals surface area contributed by atoms with Crippen LogP contribution in [0.1, 0.15) is 42.2 Å². The maximum atomic E-state index is 12.9. The first kappa shape index (κ1) is 16.7. The number of pyridine rings is 1. The number of aliphatic hydroxyl groups excluding tert-OH is 1. The van der Waals surface area contributed by atoms with Crippen molar-refractivity contribution in [3.05, 3.63) is 35.5 Å². The molecule has 24 heavy (non-hydrogen) atoms. The van der Waals surface area contributed by atoms with E-state index in [0.29, 0.717) is 11.3 Å². The van der Waals surface area contributed by atoms with Crippen molar-refractivity contribution in [2.45, 2.75) is 39.2 Å². The Kier molecular flexibility index (Phi) is 4.45. The maximum absolute atomic E-state index is 12.9. The molecule has 2 atom stereocenters. The summed E-state index contributed by atoms with van der Waals surface area (Å²) in [5.41, 5.74) is 1.93. The molecular formula is C19H24N2O3. The minimum absolute atomic E-state index is 0.0101. The van der Waals surface area contributed by atoms with Gasteiger partial charge in [0.2, 0.25) is 0 Å². The van der Waals surface area contributed by atoms with E-state index in [2.05, 4.69) is 10.3 Å². The Balaban J connectivity index is 1.97. The Hall–Kier alpha value is -2.14. The molecule has 0 radical (unpaired) electrons. The highest BCUT2D eigenvalue weighted by molar-refractivity contribution is 6.06. The molecule has 0 aliphatic heterocycles. The van der Waals surface area contributed by atoms with Gasteiger partial charge in [0.25, 0.3) is 5.91 Å². The van der Waals surface area contributed by atoms with Gasteiger partial charge in [0, 0.05) is 22.5 Å². The summed E-state index contributed by atoms with van der Waals surface area (Å²) in [4.78, 5) is 17.4. The summed E-state index contributed by atoms with van der Waals surface area (Å²) in [5, 5.41) is 13.6. The summed E-state index contributed by atoms with van der Waals surface area (Å²) in [6.07, 6.45) is 2.85.